The summed E-state index contributed by atoms with van der Waals surface area (Å²) in [4.78, 5) is 15.4. The molecule has 3 rings (SSSR count). The molecule has 0 spiro atoms. The zero-order valence-corrected chi connectivity index (χ0v) is 15.8. The summed E-state index contributed by atoms with van der Waals surface area (Å²) in [6.45, 7) is 4.55. The average Bonchev–Trinajstić information content (AvgIpc) is 2.46. The molecule has 2 heterocycles. The van der Waals surface area contributed by atoms with Crippen LogP contribution in [0.3, 0.4) is 0 Å². The van der Waals surface area contributed by atoms with Crippen LogP contribution in [0.1, 0.15) is 16.9 Å². The number of fused-ring (bicyclic) bond motifs is 1. The summed E-state index contributed by atoms with van der Waals surface area (Å²) >= 11 is 5.31. The minimum absolute atomic E-state index is 0.241. The molecule has 0 N–H and O–H groups in total. The molecule has 0 saturated heterocycles. The van der Waals surface area contributed by atoms with E-state index in [0.717, 1.165) is 26.4 Å². The quantitative estimate of drug-likeness (QED) is 0.762. The summed E-state index contributed by atoms with van der Waals surface area (Å²) in [6, 6.07) is 8.24. The summed E-state index contributed by atoms with van der Waals surface area (Å²) in [5, 5.41) is 0. The van der Waals surface area contributed by atoms with E-state index in [4.69, 9.17) is 4.42 Å². The fourth-order valence-corrected chi connectivity index (χ4v) is 4.60. The lowest BCUT2D eigenvalue weighted by atomic mass is 10.1. The van der Waals surface area contributed by atoms with E-state index in [2.05, 4.69) is 52.0 Å². The van der Waals surface area contributed by atoms with Gasteiger partial charge in [0.05, 0.1) is 11.3 Å². The third-order valence-corrected chi connectivity index (χ3v) is 5.45. The second-order valence-electron chi connectivity index (χ2n) is 5.74. The third kappa shape index (κ3) is 3.40. The Balaban J connectivity index is 1.92. The molecule has 0 unspecified atom stereocenters. The number of anilines is 1. The van der Waals surface area contributed by atoms with Crippen LogP contribution >= 0.6 is 27.7 Å². The molecule has 3 nitrogen and oxygen atoms in total. The Hall–Kier alpha value is -1.46. The molecule has 5 heteroatoms. The van der Waals surface area contributed by atoms with Crippen molar-refractivity contribution in [2.45, 2.75) is 18.7 Å². The normalized spacial score (nSPS) is 13.5. The van der Waals surface area contributed by atoms with Gasteiger partial charge in [-0.25, -0.2) is 4.79 Å². The van der Waals surface area contributed by atoms with Crippen molar-refractivity contribution in [3.8, 4) is 0 Å². The van der Waals surface area contributed by atoms with Crippen molar-refractivity contribution in [1.29, 1.82) is 0 Å². The van der Waals surface area contributed by atoms with Crippen LogP contribution in [0.25, 0.3) is 5.57 Å². The Morgan fingerprint density at radius 2 is 2.09 bits per heavy atom. The molecular weight excluding hydrogens is 374 g/mol. The van der Waals surface area contributed by atoms with Crippen molar-refractivity contribution in [2.24, 2.45) is 0 Å². The van der Waals surface area contributed by atoms with Gasteiger partial charge in [-0.1, -0.05) is 12.1 Å². The lowest BCUT2D eigenvalue weighted by Crippen LogP contribution is -2.24. The van der Waals surface area contributed by atoms with Crippen LogP contribution in [0.4, 0.5) is 5.69 Å². The van der Waals surface area contributed by atoms with Gasteiger partial charge in [0.25, 0.3) is 0 Å². The lowest BCUT2D eigenvalue weighted by molar-refractivity contribution is 0.473. The maximum atomic E-state index is 12.3. The molecule has 0 aliphatic carbocycles. The van der Waals surface area contributed by atoms with E-state index >= 15 is 0 Å². The number of halogens is 1. The summed E-state index contributed by atoms with van der Waals surface area (Å²) < 4.78 is 6.35. The maximum Gasteiger partial charge on any atom is 0.344 e. The van der Waals surface area contributed by atoms with E-state index < -0.39 is 0 Å². The maximum absolute atomic E-state index is 12.3. The van der Waals surface area contributed by atoms with Crippen LogP contribution in [0.15, 0.2) is 48.9 Å². The van der Waals surface area contributed by atoms with Crippen LogP contribution in [0.5, 0.6) is 0 Å². The second-order valence-corrected chi connectivity index (χ2v) is 7.65. The Bertz CT molecular complexity index is 841. The van der Waals surface area contributed by atoms with E-state index in [0.29, 0.717) is 17.9 Å². The van der Waals surface area contributed by atoms with E-state index in [1.54, 1.807) is 11.8 Å². The number of rotatable bonds is 3. The zero-order chi connectivity index (χ0) is 16.6. The molecule has 1 aromatic heterocycles. The number of thioether (sulfide) groups is 1. The van der Waals surface area contributed by atoms with Gasteiger partial charge in [-0.15, -0.1) is 11.8 Å². The van der Waals surface area contributed by atoms with Crippen molar-refractivity contribution < 1.29 is 4.42 Å². The van der Waals surface area contributed by atoms with Crippen LogP contribution < -0.4 is 10.5 Å². The smallest absolute Gasteiger partial charge is 0.344 e. The molecule has 1 aliphatic heterocycles. The van der Waals surface area contributed by atoms with E-state index in [-0.39, 0.29) is 5.63 Å². The monoisotopic (exact) mass is 391 g/mol. The highest BCUT2D eigenvalue weighted by atomic mass is 79.9. The SMILES string of the molecule is Cc1ccc(N(C)CC2=CCSc3cc(C)oc(=O)c32)c(Br)c1. The van der Waals surface area contributed by atoms with Gasteiger partial charge in [0.15, 0.2) is 0 Å². The number of aryl methyl sites for hydroxylation is 2. The summed E-state index contributed by atoms with van der Waals surface area (Å²) in [5.41, 5.74) is 3.82. The zero-order valence-electron chi connectivity index (χ0n) is 13.4. The number of benzene rings is 1. The van der Waals surface area contributed by atoms with Crippen LogP contribution in [0.2, 0.25) is 0 Å². The highest BCUT2D eigenvalue weighted by Gasteiger charge is 2.20. The summed E-state index contributed by atoms with van der Waals surface area (Å²) in [5.74, 6) is 1.55. The molecule has 0 amide bonds. The van der Waals surface area contributed by atoms with Gasteiger partial charge in [-0.05, 0) is 59.1 Å². The van der Waals surface area contributed by atoms with Crippen molar-refractivity contribution in [3.05, 3.63) is 62.1 Å². The second kappa shape index (κ2) is 6.57. The predicted molar refractivity (Wildman–Crippen MR) is 101 cm³/mol. The van der Waals surface area contributed by atoms with E-state index in [1.165, 1.54) is 5.56 Å². The van der Waals surface area contributed by atoms with Gasteiger partial charge in [-0.2, -0.15) is 0 Å². The van der Waals surface area contributed by atoms with Crippen LogP contribution in [-0.4, -0.2) is 19.3 Å². The van der Waals surface area contributed by atoms with Crippen LogP contribution in [-0.2, 0) is 0 Å². The average molecular weight is 392 g/mol. The molecule has 2 aromatic rings. The molecule has 1 aromatic carbocycles. The number of hydrogen-bond donors (Lipinski definition) is 0. The van der Waals surface area contributed by atoms with Gasteiger partial charge in [0, 0.05) is 28.7 Å². The topological polar surface area (TPSA) is 33.5 Å². The fourth-order valence-electron chi connectivity index (χ4n) is 2.73. The Kier molecular flexibility index (Phi) is 4.69. The molecular formula is C18H18BrNO2S. The first-order valence-corrected chi connectivity index (χ1v) is 9.18. The minimum Gasteiger partial charge on any atom is -0.428 e. The largest absolute Gasteiger partial charge is 0.428 e. The Morgan fingerprint density at radius 3 is 2.83 bits per heavy atom. The van der Waals surface area contributed by atoms with Gasteiger partial charge in [-0.3, -0.25) is 0 Å². The van der Waals surface area contributed by atoms with Crippen molar-refractivity contribution in [2.75, 3.05) is 24.2 Å². The van der Waals surface area contributed by atoms with Gasteiger partial charge in [0.1, 0.15) is 5.76 Å². The van der Waals surface area contributed by atoms with Gasteiger partial charge < -0.3 is 9.32 Å². The first-order valence-electron chi connectivity index (χ1n) is 7.40. The van der Waals surface area contributed by atoms with E-state index in [1.807, 2.05) is 20.0 Å². The summed E-state index contributed by atoms with van der Waals surface area (Å²) in [6.07, 6.45) is 2.12. The first kappa shape index (κ1) is 16.4. The third-order valence-electron chi connectivity index (χ3n) is 3.85. The molecule has 0 saturated carbocycles. The molecule has 0 bridgehead atoms. The summed E-state index contributed by atoms with van der Waals surface area (Å²) in [7, 11) is 2.04. The Labute approximate surface area is 148 Å². The minimum atomic E-state index is -0.241. The highest BCUT2D eigenvalue weighted by molar-refractivity contribution is 9.10. The van der Waals surface area contributed by atoms with E-state index in [9.17, 15) is 4.79 Å². The van der Waals surface area contributed by atoms with Crippen LogP contribution in [0, 0.1) is 13.8 Å². The van der Waals surface area contributed by atoms with Crippen molar-refractivity contribution in [3.63, 3.8) is 0 Å². The molecule has 23 heavy (non-hydrogen) atoms. The first-order chi connectivity index (χ1) is 11.0. The molecule has 0 atom stereocenters. The predicted octanol–water partition coefficient (Wildman–Crippen LogP) is 4.64. The number of likely N-dealkylation sites (N-methyl/N-ethyl adjacent to an activating group) is 1. The number of hydrogen-bond acceptors (Lipinski definition) is 4. The Morgan fingerprint density at radius 1 is 1.30 bits per heavy atom. The standard InChI is InChI=1S/C18H18BrNO2S/c1-11-4-5-15(14(19)8-11)20(3)10-13-6-7-23-16-9-12(2)22-18(21)17(13)16/h4-6,8-9H,7,10H2,1-3H3. The molecule has 1 aliphatic rings. The van der Waals surface area contributed by atoms with Crippen molar-refractivity contribution >= 4 is 39.0 Å². The van der Waals surface area contributed by atoms with Gasteiger partial charge in [0.2, 0.25) is 0 Å². The highest BCUT2D eigenvalue weighted by Crippen LogP contribution is 2.34. The number of nitrogens with zero attached hydrogens (tertiary/aromatic N) is 1. The molecule has 0 fully saturated rings. The lowest BCUT2D eigenvalue weighted by Gasteiger charge is -2.25. The molecule has 0 radical (unpaired) electrons. The van der Waals surface area contributed by atoms with Crippen molar-refractivity contribution in [1.82, 2.24) is 0 Å². The fraction of sp³-hybridized carbons (Fsp3) is 0.278. The molecule has 120 valence electrons. The van der Waals surface area contributed by atoms with Gasteiger partial charge >= 0.3 is 5.63 Å².